The molecule has 37 heavy (non-hydrogen) atoms. The SMILES string of the molecule is COc1ccc(CCN2C(=O)C[C@@H](C(=O)Nc3ccc(C(=O)O)cc3)SC2=Nc2ccccc2F)cc1. The lowest BCUT2D eigenvalue weighted by atomic mass is 10.1. The number of nitrogens with one attached hydrogen (secondary N) is 1. The lowest BCUT2D eigenvalue weighted by Gasteiger charge is -2.32. The van der Waals surface area contributed by atoms with Crippen LogP contribution < -0.4 is 10.1 Å². The van der Waals surface area contributed by atoms with Crippen molar-refractivity contribution in [2.24, 2.45) is 4.99 Å². The molecule has 0 aromatic heterocycles. The normalized spacial score (nSPS) is 16.5. The Labute approximate surface area is 217 Å². The van der Waals surface area contributed by atoms with E-state index in [9.17, 15) is 18.8 Å². The fourth-order valence-electron chi connectivity index (χ4n) is 3.66. The molecule has 1 fully saturated rings. The fourth-order valence-corrected chi connectivity index (χ4v) is 4.78. The van der Waals surface area contributed by atoms with E-state index in [1.165, 1.54) is 41.3 Å². The van der Waals surface area contributed by atoms with Gasteiger partial charge in [0, 0.05) is 18.7 Å². The Morgan fingerprint density at radius 2 is 1.81 bits per heavy atom. The molecule has 2 amide bonds. The van der Waals surface area contributed by atoms with Crippen LogP contribution in [0.4, 0.5) is 15.8 Å². The summed E-state index contributed by atoms with van der Waals surface area (Å²) in [5.41, 5.74) is 1.54. The summed E-state index contributed by atoms with van der Waals surface area (Å²) in [6.07, 6.45) is 0.460. The van der Waals surface area contributed by atoms with Crippen molar-refractivity contribution in [2.75, 3.05) is 19.0 Å². The number of nitrogens with zero attached hydrogens (tertiary/aromatic N) is 2. The van der Waals surface area contributed by atoms with Crippen molar-refractivity contribution in [2.45, 2.75) is 18.1 Å². The second-order valence-corrected chi connectivity index (χ2v) is 9.34. The first kappa shape index (κ1) is 25.9. The van der Waals surface area contributed by atoms with E-state index in [1.807, 2.05) is 24.3 Å². The largest absolute Gasteiger partial charge is 0.497 e. The van der Waals surface area contributed by atoms with E-state index in [0.29, 0.717) is 18.7 Å². The Balaban J connectivity index is 1.53. The van der Waals surface area contributed by atoms with Gasteiger partial charge in [-0.3, -0.25) is 14.5 Å². The number of para-hydroxylation sites is 1. The molecule has 0 unspecified atom stereocenters. The maximum atomic E-state index is 14.4. The van der Waals surface area contributed by atoms with Crippen molar-refractivity contribution in [1.82, 2.24) is 4.90 Å². The second-order valence-electron chi connectivity index (χ2n) is 8.17. The number of aliphatic imine (C=N–C) groups is 1. The first-order valence-corrected chi connectivity index (χ1v) is 12.3. The van der Waals surface area contributed by atoms with Gasteiger partial charge in [-0.1, -0.05) is 36.0 Å². The lowest BCUT2D eigenvalue weighted by molar-refractivity contribution is -0.129. The number of carboxylic acid groups (broad SMARTS) is 1. The number of rotatable bonds is 8. The van der Waals surface area contributed by atoms with Gasteiger partial charge in [0.05, 0.1) is 12.7 Å². The molecular formula is C27H24FN3O5S. The van der Waals surface area contributed by atoms with E-state index in [4.69, 9.17) is 9.84 Å². The Morgan fingerprint density at radius 1 is 1.11 bits per heavy atom. The molecule has 3 aromatic carbocycles. The summed E-state index contributed by atoms with van der Waals surface area (Å²) >= 11 is 1.09. The van der Waals surface area contributed by atoms with E-state index < -0.39 is 22.9 Å². The molecule has 4 rings (SSSR count). The number of benzene rings is 3. The monoisotopic (exact) mass is 521 g/mol. The molecule has 0 spiro atoms. The third-order valence-corrected chi connectivity index (χ3v) is 6.87. The number of ether oxygens (including phenoxy) is 1. The van der Waals surface area contributed by atoms with E-state index in [0.717, 1.165) is 23.1 Å². The van der Waals surface area contributed by atoms with Gasteiger partial charge in [-0.15, -0.1) is 0 Å². The highest BCUT2D eigenvalue weighted by atomic mass is 32.2. The van der Waals surface area contributed by atoms with Gasteiger partial charge in [-0.05, 0) is 60.5 Å². The molecular weight excluding hydrogens is 497 g/mol. The van der Waals surface area contributed by atoms with Gasteiger partial charge >= 0.3 is 5.97 Å². The van der Waals surface area contributed by atoms with Crippen LogP contribution in [0.25, 0.3) is 0 Å². The molecule has 2 N–H and O–H groups in total. The number of amidine groups is 1. The summed E-state index contributed by atoms with van der Waals surface area (Å²) in [5, 5.41) is 11.2. The topological polar surface area (TPSA) is 108 Å². The minimum atomic E-state index is -1.07. The molecule has 1 aliphatic rings. The molecule has 3 aromatic rings. The summed E-state index contributed by atoms with van der Waals surface area (Å²) in [6, 6.07) is 19.2. The van der Waals surface area contributed by atoms with Crippen molar-refractivity contribution in [1.29, 1.82) is 0 Å². The number of thioether (sulfide) groups is 1. The van der Waals surface area contributed by atoms with Crippen molar-refractivity contribution in [3.05, 3.63) is 89.7 Å². The molecule has 0 aliphatic carbocycles. The van der Waals surface area contributed by atoms with E-state index in [2.05, 4.69) is 10.3 Å². The Bertz CT molecular complexity index is 1330. The predicted octanol–water partition coefficient (Wildman–Crippen LogP) is 4.74. The van der Waals surface area contributed by atoms with E-state index >= 15 is 0 Å². The number of carbonyl (C=O) groups is 3. The van der Waals surface area contributed by atoms with Gasteiger partial charge in [0.15, 0.2) is 5.17 Å². The van der Waals surface area contributed by atoms with Gasteiger partial charge in [-0.25, -0.2) is 14.2 Å². The van der Waals surface area contributed by atoms with Crippen LogP contribution in [0, 0.1) is 5.82 Å². The van der Waals surface area contributed by atoms with Crippen molar-refractivity contribution in [3.8, 4) is 5.75 Å². The standard InChI is InChI=1S/C27H24FN3O5S/c1-36-20-12-6-17(7-13-20)14-15-31-24(32)16-23(37-27(31)30-22-5-3-2-4-21(22)28)25(33)29-19-10-8-18(9-11-19)26(34)35/h2-13,23H,14-16H2,1H3,(H,29,33)(H,34,35)/t23-/m0/s1. The maximum Gasteiger partial charge on any atom is 0.335 e. The highest BCUT2D eigenvalue weighted by molar-refractivity contribution is 8.15. The van der Waals surface area contributed by atoms with Crippen LogP contribution in [-0.2, 0) is 16.0 Å². The minimum absolute atomic E-state index is 0.0669. The van der Waals surface area contributed by atoms with Crippen LogP contribution in [-0.4, -0.2) is 51.9 Å². The third kappa shape index (κ3) is 6.53. The maximum absolute atomic E-state index is 14.4. The molecule has 1 aliphatic heterocycles. The summed E-state index contributed by atoms with van der Waals surface area (Å²) in [7, 11) is 1.59. The van der Waals surface area contributed by atoms with Crippen molar-refractivity contribution < 1.29 is 28.6 Å². The Hall–Kier alpha value is -4.18. The first-order valence-electron chi connectivity index (χ1n) is 11.4. The molecule has 10 heteroatoms. The van der Waals surface area contributed by atoms with Gasteiger partial charge in [0.25, 0.3) is 0 Å². The number of methoxy groups -OCH3 is 1. The zero-order chi connectivity index (χ0) is 26.4. The fraction of sp³-hybridized carbons (Fsp3) is 0.185. The summed E-state index contributed by atoms with van der Waals surface area (Å²) in [5.74, 6) is -1.62. The minimum Gasteiger partial charge on any atom is -0.497 e. The predicted molar refractivity (Wildman–Crippen MR) is 140 cm³/mol. The molecule has 0 radical (unpaired) electrons. The molecule has 1 saturated heterocycles. The van der Waals surface area contributed by atoms with Crippen LogP contribution in [0.3, 0.4) is 0 Å². The summed E-state index contributed by atoms with van der Waals surface area (Å²) in [6.45, 7) is 0.302. The van der Waals surface area contributed by atoms with Crippen molar-refractivity contribution in [3.63, 3.8) is 0 Å². The molecule has 1 heterocycles. The Kier molecular flexibility index (Phi) is 8.19. The van der Waals surface area contributed by atoms with Crippen LogP contribution in [0.1, 0.15) is 22.3 Å². The molecule has 0 bridgehead atoms. The van der Waals surface area contributed by atoms with E-state index in [-0.39, 0.29) is 28.7 Å². The number of hydrogen-bond donors (Lipinski definition) is 2. The number of amides is 2. The number of hydrogen-bond acceptors (Lipinski definition) is 6. The number of halogens is 1. The van der Waals surface area contributed by atoms with Crippen LogP contribution in [0.15, 0.2) is 77.8 Å². The molecule has 0 saturated carbocycles. The third-order valence-electron chi connectivity index (χ3n) is 5.68. The van der Waals surface area contributed by atoms with Gasteiger partial charge in [-0.2, -0.15) is 0 Å². The average molecular weight is 522 g/mol. The van der Waals surface area contributed by atoms with Crippen LogP contribution >= 0.6 is 11.8 Å². The molecule has 1 atom stereocenters. The van der Waals surface area contributed by atoms with Gasteiger partial charge in [0.2, 0.25) is 11.8 Å². The number of aromatic carboxylic acids is 1. The smallest absolute Gasteiger partial charge is 0.335 e. The summed E-state index contributed by atoms with van der Waals surface area (Å²) < 4.78 is 19.6. The summed E-state index contributed by atoms with van der Waals surface area (Å²) in [4.78, 5) is 43.1. The van der Waals surface area contributed by atoms with Gasteiger partial charge in [0.1, 0.15) is 22.5 Å². The Morgan fingerprint density at radius 3 is 2.46 bits per heavy atom. The highest BCUT2D eigenvalue weighted by Crippen LogP contribution is 2.31. The van der Waals surface area contributed by atoms with Crippen LogP contribution in [0.5, 0.6) is 5.75 Å². The second kappa shape index (κ2) is 11.7. The van der Waals surface area contributed by atoms with Crippen LogP contribution in [0.2, 0.25) is 0 Å². The quantitative estimate of drug-likeness (QED) is 0.444. The zero-order valence-corrected chi connectivity index (χ0v) is 20.7. The number of anilines is 1. The van der Waals surface area contributed by atoms with E-state index in [1.54, 1.807) is 19.2 Å². The highest BCUT2D eigenvalue weighted by Gasteiger charge is 2.36. The number of carboxylic acids is 1. The molecule has 8 nitrogen and oxygen atoms in total. The number of carbonyl (C=O) groups excluding carboxylic acids is 2. The lowest BCUT2D eigenvalue weighted by Crippen LogP contribution is -2.46. The van der Waals surface area contributed by atoms with Gasteiger partial charge < -0.3 is 15.2 Å². The molecule has 190 valence electrons. The zero-order valence-electron chi connectivity index (χ0n) is 19.9. The first-order chi connectivity index (χ1) is 17.8. The average Bonchev–Trinajstić information content (AvgIpc) is 2.90. The van der Waals surface area contributed by atoms with Crippen molar-refractivity contribution >= 4 is 46.1 Å².